The van der Waals surface area contributed by atoms with Gasteiger partial charge in [0.15, 0.2) is 5.82 Å². The van der Waals surface area contributed by atoms with Crippen molar-refractivity contribution >= 4 is 0 Å². The van der Waals surface area contributed by atoms with Gasteiger partial charge in [-0.15, -0.1) is 0 Å². The smallest absolute Gasteiger partial charge is 0.244 e. The van der Waals surface area contributed by atoms with Crippen molar-refractivity contribution in [3.8, 4) is 0 Å². The first-order chi connectivity index (χ1) is 10.1. The van der Waals surface area contributed by atoms with E-state index in [0.29, 0.717) is 23.4 Å². The number of hydrogen-bond acceptors (Lipinski definition) is 5. The third kappa shape index (κ3) is 2.50. The average Bonchev–Trinajstić information content (AvgIpc) is 2.95. The van der Waals surface area contributed by atoms with E-state index in [4.69, 9.17) is 9.51 Å². The molecule has 3 fully saturated rings. The first-order valence-electron chi connectivity index (χ1n) is 8.45. The predicted octanol–water partition coefficient (Wildman–Crippen LogP) is 2.47. The van der Waals surface area contributed by atoms with Crippen LogP contribution in [0.15, 0.2) is 4.52 Å². The van der Waals surface area contributed by atoms with Crippen LogP contribution in [0.1, 0.15) is 69.6 Å². The molecule has 0 aromatic carbocycles. The molecule has 2 atom stereocenters. The van der Waals surface area contributed by atoms with Gasteiger partial charge in [0.25, 0.3) is 0 Å². The Hall–Kier alpha value is -0.940. The molecule has 2 unspecified atom stereocenters. The van der Waals surface area contributed by atoms with Crippen molar-refractivity contribution in [2.45, 2.75) is 64.0 Å². The van der Waals surface area contributed by atoms with Gasteiger partial charge in [0.05, 0.1) is 6.04 Å². The summed E-state index contributed by atoms with van der Waals surface area (Å²) in [5, 5.41) is 7.72. The minimum absolute atomic E-state index is 0.358. The van der Waals surface area contributed by atoms with Crippen LogP contribution in [0.4, 0.5) is 0 Å². The van der Waals surface area contributed by atoms with Gasteiger partial charge in [-0.1, -0.05) is 19.0 Å². The lowest BCUT2D eigenvalue weighted by molar-refractivity contribution is 0.126. The van der Waals surface area contributed by atoms with Gasteiger partial charge in [-0.2, -0.15) is 4.98 Å². The van der Waals surface area contributed by atoms with E-state index in [2.05, 4.69) is 29.2 Å². The highest BCUT2D eigenvalue weighted by atomic mass is 16.5. The summed E-state index contributed by atoms with van der Waals surface area (Å²) in [6.45, 7) is 8.02. The van der Waals surface area contributed by atoms with E-state index < -0.39 is 0 Å². The molecule has 0 bridgehead atoms. The largest absolute Gasteiger partial charge is 0.338 e. The Kier molecular flexibility index (Phi) is 3.30. The molecule has 21 heavy (non-hydrogen) atoms. The zero-order valence-electron chi connectivity index (χ0n) is 13.1. The van der Waals surface area contributed by atoms with Crippen LogP contribution < -0.4 is 5.32 Å². The summed E-state index contributed by atoms with van der Waals surface area (Å²) in [7, 11) is 0. The van der Waals surface area contributed by atoms with Crippen LogP contribution in [0.5, 0.6) is 0 Å². The molecule has 4 rings (SSSR count). The Labute approximate surface area is 126 Å². The van der Waals surface area contributed by atoms with E-state index in [1.54, 1.807) is 0 Å². The monoisotopic (exact) mass is 290 g/mol. The lowest BCUT2D eigenvalue weighted by Gasteiger charge is -2.34. The second kappa shape index (κ2) is 5.06. The van der Waals surface area contributed by atoms with Crippen LogP contribution in [-0.4, -0.2) is 40.7 Å². The molecule has 1 aliphatic carbocycles. The maximum absolute atomic E-state index is 5.65. The summed E-state index contributed by atoms with van der Waals surface area (Å²) in [5.41, 5.74) is 0.367. The Morgan fingerprint density at radius 2 is 2.00 bits per heavy atom. The normalized spacial score (nSPS) is 33.4. The number of piperidine rings is 1. The molecule has 116 valence electrons. The number of rotatable bonds is 3. The van der Waals surface area contributed by atoms with E-state index in [9.17, 15) is 0 Å². The van der Waals surface area contributed by atoms with Gasteiger partial charge in [0.1, 0.15) is 0 Å². The molecule has 3 heterocycles. The third-order valence-corrected chi connectivity index (χ3v) is 5.64. The molecule has 0 amide bonds. The van der Waals surface area contributed by atoms with Gasteiger partial charge in [-0.3, -0.25) is 4.90 Å². The Morgan fingerprint density at radius 1 is 1.24 bits per heavy atom. The molecule has 2 aliphatic heterocycles. The van der Waals surface area contributed by atoms with E-state index in [0.717, 1.165) is 24.8 Å². The zero-order valence-corrected chi connectivity index (χ0v) is 13.1. The van der Waals surface area contributed by atoms with Crippen molar-refractivity contribution in [3.63, 3.8) is 0 Å². The number of nitrogens with one attached hydrogen (secondary N) is 1. The minimum Gasteiger partial charge on any atom is -0.338 e. The first kappa shape index (κ1) is 13.7. The van der Waals surface area contributed by atoms with Gasteiger partial charge >= 0.3 is 0 Å². The van der Waals surface area contributed by atoms with Crippen molar-refractivity contribution in [2.75, 3.05) is 19.6 Å². The highest BCUT2D eigenvalue weighted by molar-refractivity contribution is 5.15. The molecule has 3 aliphatic rings. The Balaban J connectivity index is 1.49. The molecule has 1 aromatic heterocycles. The Morgan fingerprint density at radius 3 is 2.71 bits per heavy atom. The van der Waals surface area contributed by atoms with Crippen LogP contribution in [0.2, 0.25) is 0 Å². The molecule has 5 nitrogen and oxygen atoms in total. The van der Waals surface area contributed by atoms with E-state index in [-0.39, 0.29) is 0 Å². The Bertz CT molecular complexity index is 506. The van der Waals surface area contributed by atoms with Crippen molar-refractivity contribution in [2.24, 2.45) is 5.41 Å². The molecule has 0 radical (unpaired) electrons. The zero-order chi connectivity index (χ0) is 14.4. The van der Waals surface area contributed by atoms with E-state index in [1.807, 2.05) is 0 Å². The number of hydrogen-bond donors (Lipinski definition) is 1. The summed E-state index contributed by atoms with van der Waals surface area (Å²) in [6, 6.07) is 1.04. The molecule has 5 heteroatoms. The van der Waals surface area contributed by atoms with Crippen LogP contribution in [0.25, 0.3) is 0 Å². The maximum atomic E-state index is 5.65. The standard InChI is InChI=1S/C16H26N4O/c1-16(2)10-12(16)14-18-15(21-19-14)13-4-3-9-20(13)11-5-7-17-8-6-11/h11-13,17H,3-10H2,1-2H3. The van der Waals surface area contributed by atoms with Crippen molar-refractivity contribution < 1.29 is 4.52 Å². The number of nitrogens with zero attached hydrogens (tertiary/aromatic N) is 3. The third-order valence-electron chi connectivity index (χ3n) is 5.64. The fourth-order valence-electron chi connectivity index (χ4n) is 4.06. The summed E-state index contributed by atoms with van der Waals surface area (Å²) in [5.74, 6) is 2.31. The molecule has 1 aromatic rings. The molecular formula is C16H26N4O. The summed E-state index contributed by atoms with van der Waals surface area (Å²) in [6.07, 6.45) is 6.09. The topological polar surface area (TPSA) is 54.2 Å². The first-order valence-corrected chi connectivity index (χ1v) is 8.45. The molecule has 2 saturated heterocycles. The molecular weight excluding hydrogens is 264 g/mol. The van der Waals surface area contributed by atoms with Gasteiger partial charge in [0, 0.05) is 12.0 Å². The maximum Gasteiger partial charge on any atom is 0.244 e. The fraction of sp³-hybridized carbons (Fsp3) is 0.875. The lowest BCUT2D eigenvalue weighted by atomic mass is 10.0. The molecule has 0 spiro atoms. The van der Waals surface area contributed by atoms with Crippen molar-refractivity contribution in [1.82, 2.24) is 20.4 Å². The van der Waals surface area contributed by atoms with Crippen molar-refractivity contribution in [3.05, 3.63) is 11.7 Å². The lowest BCUT2D eigenvalue weighted by Crippen LogP contribution is -2.42. The van der Waals surface area contributed by atoms with Crippen LogP contribution in [0.3, 0.4) is 0 Å². The van der Waals surface area contributed by atoms with Crippen LogP contribution in [0, 0.1) is 5.41 Å². The molecule has 1 saturated carbocycles. The highest BCUT2D eigenvalue weighted by Gasteiger charge is 2.50. The minimum atomic E-state index is 0.358. The van der Waals surface area contributed by atoms with Crippen LogP contribution >= 0.6 is 0 Å². The predicted molar refractivity (Wildman–Crippen MR) is 80.0 cm³/mol. The molecule has 1 N–H and O–H groups in total. The van der Waals surface area contributed by atoms with Gasteiger partial charge in [-0.25, -0.2) is 0 Å². The van der Waals surface area contributed by atoms with Gasteiger partial charge in [-0.05, 0) is 57.2 Å². The average molecular weight is 290 g/mol. The van der Waals surface area contributed by atoms with E-state index in [1.165, 1.54) is 38.6 Å². The highest BCUT2D eigenvalue weighted by Crippen LogP contribution is 2.57. The number of likely N-dealkylation sites (tertiary alicyclic amines) is 1. The second-order valence-electron chi connectivity index (χ2n) is 7.61. The quantitative estimate of drug-likeness (QED) is 0.927. The summed E-state index contributed by atoms with van der Waals surface area (Å²) >= 11 is 0. The summed E-state index contributed by atoms with van der Waals surface area (Å²) in [4.78, 5) is 7.38. The second-order valence-corrected chi connectivity index (χ2v) is 7.61. The van der Waals surface area contributed by atoms with Gasteiger partial charge in [0.2, 0.25) is 5.89 Å². The van der Waals surface area contributed by atoms with E-state index >= 15 is 0 Å². The fourth-order valence-corrected chi connectivity index (χ4v) is 4.06. The SMILES string of the molecule is CC1(C)CC1c1noc(C2CCCN2C2CCNCC2)n1. The summed E-state index contributed by atoms with van der Waals surface area (Å²) < 4.78 is 5.65. The van der Waals surface area contributed by atoms with Crippen molar-refractivity contribution in [1.29, 1.82) is 0 Å². The van der Waals surface area contributed by atoms with Crippen LogP contribution in [-0.2, 0) is 0 Å². The van der Waals surface area contributed by atoms with Gasteiger partial charge < -0.3 is 9.84 Å². The number of aromatic nitrogens is 2.